The van der Waals surface area contributed by atoms with Gasteiger partial charge in [0.2, 0.25) is 0 Å². The number of hydrogen-bond acceptors (Lipinski definition) is 4. The number of imidazole rings is 2. The molecular weight excluding hydrogens is 417 g/mol. The highest BCUT2D eigenvalue weighted by Gasteiger charge is 2.27. The summed E-state index contributed by atoms with van der Waals surface area (Å²) < 4.78 is 13.7. The van der Waals surface area contributed by atoms with Crippen molar-refractivity contribution in [2.45, 2.75) is 25.8 Å². The highest BCUT2D eigenvalue weighted by molar-refractivity contribution is 5.94. The summed E-state index contributed by atoms with van der Waals surface area (Å²) in [6.07, 6.45) is 8.90. The molecule has 8 heteroatoms. The maximum atomic E-state index is 13.7. The number of halogens is 1. The Morgan fingerprint density at radius 2 is 1.97 bits per heavy atom. The van der Waals surface area contributed by atoms with E-state index in [4.69, 9.17) is 5.41 Å². The number of likely N-dealkylation sites (tertiary alicyclic amines) is 1. The van der Waals surface area contributed by atoms with E-state index in [0.717, 1.165) is 53.5 Å². The van der Waals surface area contributed by atoms with E-state index >= 15 is 0 Å². The van der Waals surface area contributed by atoms with Crippen molar-refractivity contribution in [1.82, 2.24) is 29.8 Å². The van der Waals surface area contributed by atoms with Gasteiger partial charge in [0.05, 0.1) is 23.6 Å². The first kappa shape index (κ1) is 20.8. The van der Waals surface area contributed by atoms with E-state index in [-0.39, 0.29) is 11.9 Å². The zero-order valence-electron chi connectivity index (χ0n) is 18.2. The molecule has 1 atom stereocenters. The monoisotopic (exact) mass is 441 g/mol. The van der Waals surface area contributed by atoms with Crippen molar-refractivity contribution in [3.8, 4) is 22.9 Å². The van der Waals surface area contributed by atoms with Gasteiger partial charge in [-0.05, 0) is 61.7 Å². The zero-order valence-corrected chi connectivity index (χ0v) is 18.2. The summed E-state index contributed by atoms with van der Waals surface area (Å²) in [5.41, 5.74) is 4.18. The van der Waals surface area contributed by atoms with Crippen LogP contribution in [0.4, 0.5) is 4.39 Å². The third-order valence-electron chi connectivity index (χ3n) is 5.76. The maximum absolute atomic E-state index is 13.7. The molecule has 1 saturated heterocycles. The van der Waals surface area contributed by atoms with Gasteiger partial charge in [0.1, 0.15) is 23.2 Å². The summed E-state index contributed by atoms with van der Waals surface area (Å²) in [7, 11) is 0. The highest BCUT2D eigenvalue weighted by atomic mass is 19.1. The van der Waals surface area contributed by atoms with Crippen LogP contribution in [0.25, 0.3) is 29.0 Å². The second-order valence-electron chi connectivity index (χ2n) is 8.13. The first-order valence-electron chi connectivity index (χ1n) is 10.9. The molecule has 1 aromatic carbocycles. The Morgan fingerprint density at radius 1 is 1.12 bits per heavy atom. The van der Waals surface area contributed by atoms with Crippen LogP contribution in [0.15, 0.2) is 60.9 Å². The molecule has 166 valence electrons. The number of aromatic amines is 2. The van der Waals surface area contributed by atoms with Gasteiger partial charge < -0.3 is 14.9 Å². The van der Waals surface area contributed by atoms with Crippen LogP contribution in [0.1, 0.15) is 36.0 Å². The van der Waals surface area contributed by atoms with E-state index < -0.39 is 0 Å². The van der Waals surface area contributed by atoms with E-state index in [2.05, 4.69) is 24.9 Å². The van der Waals surface area contributed by atoms with Crippen molar-refractivity contribution in [2.24, 2.45) is 0 Å². The molecule has 1 unspecified atom stereocenters. The first-order chi connectivity index (χ1) is 16.1. The molecule has 0 spiro atoms. The topological polar surface area (TPSA) is 97.3 Å². The van der Waals surface area contributed by atoms with Gasteiger partial charge in [0, 0.05) is 18.4 Å². The summed E-state index contributed by atoms with van der Waals surface area (Å²) >= 11 is 0. The molecule has 1 fully saturated rings. The minimum absolute atomic E-state index is 0.0159. The normalized spacial score (nSPS) is 16.1. The summed E-state index contributed by atoms with van der Waals surface area (Å²) in [6, 6.07) is 12.4. The molecule has 5 rings (SSSR count). The van der Waals surface area contributed by atoms with Gasteiger partial charge in [0.25, 0.3) is 0 Å². The quantitative estimate of drug-likeness (QED) is 0.295. The summed E-state index contributed by atoms with van der Waals surface area (Å²) in [6.45, 7) is 2.73. The molecule has 0 saturated carbocycles. The summed E-state index contributed by atoms with van der Waals surface area (Å²) in [5.74, 6) is 1.50. The van der Waals surface area contributed by atoms with Crippen LogP contribution in [0.2, 0.25) is 0 Å². The van der Waals surface area contributed by atoms with E-state index in [0.29, 0.717) is 11.7 Å². The molecule has 3 aromatic heterocycles. The van der Waals surface area contributed by atoms with Gasteiger partial charge in [0.15, 0.2) is 5.82 Å². The first-order valence-corrected chi connectivity index (χ1v) is 10.9. The fraction of sp³-hybridized carbons (Fsp3) is 0.200. The SMILES string of the molecule is Cc1cnc(-c2cccc(-c3cnc(/C=C\C(=N)N4CCCC4c4cccc(F)c4)[nH]3)n2)[nH]1. The molecule has 33 heavy (non-hydrogen) atoms. The van der Waals surface area contributed by atoms with Gasteiger partial charge in [-0.15, -0.1) is 0 Å². The van der Waals surface area contributed by atoms with Crippen LogP contribution in [-0.2, 0) is 0 Å². The molecule has 3 N–H and O–H groups in total. The lowest BCUT2D eigenvalue weighted by Gasteiger charge is -2.26. The second kappa shape index (κ2) is 8.82. The number of aryl methyl sites for hydroxylation is 1. The number of pyridine rings is 1. The number of amidine groups is 1. The van der Waals surface area contributed by atoms with Crippen molar-refractivity contribution in [3.05, 3.63) is 83.8 Å². The Kier molecular flexibility index (Phi) is 5.56. The molecule has 0 aliphatic carbocycles. The highest BCUT2D eigenvalue weighted by Crippen LogP contribution is 2.32. The number of H-pyrrole nitrogens is 2. The Bertz CT molecular complexity index is 1320. The minimum atomic E-state index is -0.246. The molecule has 0 bridgehead atoms. The Labute approximate surface area is 191 Å². The van der Waals surface area contributed by atoms with Crippen LogP contribution < -0.4 is 0 Å². The molecule has 1 aliphatic rings. The molecular formula is C25H24FN7. The molecule has 0 radical (unpaired) electrons. The maximum Gasteiger partial charge on any atom is 0.156 e. The summed E-state index contributed by atoms with van der Waals surface area (Å²) in [4.78, 5) is 21.9. The Hall–Kier alpha value is -4.07. The lowest BCUT2D eigenvalue weighted by atomic mass is 10.0. The minimum Gasteiger partial charge on any atom is -0.350 e. The fourth-order valence-corrected chi connectivity index (χ4v) is 4.18. The predicted octanol–water partition coefficient (Wildman–Crippen LogP) is 5.14. The number of nitrogens with zero attached hydrogens (tertiary/aromatic N) is 4. The lowest BCUT2D eigenvalue weighted by Crippen LogP contribution is -2.28. The lowest BCUT2D eigenvalue weighted by molar-refractivity contribution is 0.399. The summed E-state index contributed by atoms with van der Waals surface area (Å²) in [5, 5.41) is 8.55. The van der Waals surface area contributed by atoms with Gasteiger partial charge >= 0.3 is 0 Å². The average molecular weight is 442 g/mol. The van der Waals surface area contributed by atoms with Gasteiger partial charge in [-0.3, -0.25) is 5.41 Å². The van der Waals surface area contributed by atoms with Crippen molar-refractivity contribution in [2.75, 3.05) is 6.54 Å². The van der Waals surface area contributed by atoms with Crippen LogP contribution in [0.3, 0.4) is 0 Å². The second-order valence-corrected chi connectivity index (χ2v) is 8.13. The Balaban J connectivity index is 1.31. The Morgan fingerprint density at radius 3 is 2.79 bits per heavy atom. The fourth-order valence-electron chi connectivity index (χ4n) is 4.18. The third-order valence-corrected chi connectivity index (χ3v) is 5.76. The zero-order chi connectivity index (χ0) is 22.8. The van der Waals surface area contributed by atoms with Crippen molar-refractivity contribution in [1.29, 1.82) is 5.41 Å². The van der Waals surface area contributed by atoms with E-state index in [1.165, 1.54) is 6.07 Å². The number of nitrogens with one attached hydrogen (secondary N) is 3. The number of hydrogen-bond donors (Lipinski definition) is 3. The van der Waals surface area contributed by atoms with Crippen LogP contribution in [0, 0.1) is 18.2 Å². The molecule has 7 nitrogen and oxygen atoms in total. The number of aromatic nitrogens is 5. The molecule has 0 amide bonds. The van der Waals surface area contributed by atoms with Crippen molar-refractivity contribution >= 4 is 11.9 Å². The van der Waals surface area contributed by atoms with E-state index in [9.17, 15) is 4.39 Å². The van der Waals surface area contributed by atoms with Crippen LogP contribution >= 0.6 is 0 Å². The smallest absolute Gasteiger partial charge is 0.156 e. The van der Waals surface area contributed by atoms with Gasteiger partial charge in [-0.25, -0.2) is 19.3 Å². The molecule has 1 aliphatic heterocycles. The van der Waals surface area contributed by atoms with E-state index in [1.54, 1.807) is 36.7 Å². The van der Waals surface area contributed by atoms with Crippen molar-refractivity contribution < 1.29 is 4.39 Å². The predicted molar refractivity (Wildman–Crippen MR) is 126 cm³/mol. The average Bonchev–Trinajstić information content (AvgIpc) is 3.58. The van der Waals surface area contributed by atoms with Crippen molar-refractivity contribution in [3.63, 3.8) is 0 Å². The number of benzene rings is 1. The molecule has 4 aromatic rings. The van der Waals surface area contributed by atoms with E-state index in [1.807, 2.05) is 36.1 Å². The largest absolute Gasteiger partial charge is 0.350 e. The molecule has 4 heterocycles. The number of rotatable bonds is 5. The van der Waals surface area contributed by atoms with Crippen LogP contribution in [-0.4, -0.2) is 42.2 Å². The van der Waals surface area contributed by atoms with Gasteiger partial charge in [-0.1, -0.05) is 18.2 Å². The third kappa shape index (κ3) is 4.45. The standard InChI is InChI=1S/C25H24FN7/c1-16-14-29-25(30-16)20-8-3-7-19(31-20)21-15-28-24(32-21)11-10-23(27)33-12-4-9-22(33)17-5-2-6-18(26)13-17/h2-3,5-8,10-11,13-15,22,27H,4,9,12H2,1H3,(H,28,32)(H,29,30)/b11-10-,27-23?. The van der Waals surface area contributed by atoms with Gasteiger partial charge in [-0.2, -0.15) is 0 Å². The van der Waals surface area contributed by atoms with Crippen LogP contribution in [0.5, 0.6) is 0 Å².